The fourth-order valence-electron chi connectivity index (χ4n) is 4.43. The molecule has 2 aromatic rings. The Bertz CT molecular complexity index is 1320. The number of aryl methyl sites for hydroxylation is 1. The van der Waals surface area contributed by atoms with E-state index < -0.39 is 38.4 Å². The summed E-state index contributed by atoms with van der Waals surface area (Å²) in [5, 5.41) is 0. The van der Waals surface area contributed by atoms with Gasteiger partial charge >= 0.3 is 0 Å². The van der Waals surface area contributed by atoms with Crippen molar-refractivity contribution in [3.8, 4) is 5.75 Å². The minimum Gasteiger partial charge on any atom is -0.492 e. The van der Waals surface area contributed by atoms with Crippen molar-refractivity contribution in [2.24, 2.45) is 16.6 Å². The zero-order valence-corrected chi connectivity index (χ0v) is 21.5. The van der Waals surface area contributed by atoms with E-state index in [1.54, 1.807) is 13.0 Å². The second kappa shape index (κ2) is 9.53. The van der Waals surface area contributed by atoms with Gasteiger partial charge in [0.1, 0.15) is 40.1 Å². The van der Waals surface area contributed by atoms with Gasteiger partial charge in [0.25, 0.3) is 0 Å². The first-order chi connectivity index (χ1) is 16.9. The molecule has 2 heterocycles. The van der Waals surface area contributed by atoms with Crippen LogP contribution in [0.25, 0.3) is 0 Å². The Morgan fingerprint density at radius 1 is 1.25 bits per heavy atom. The minimum absolute atomic E-state index is 0.136. The summed E-state index contributed by atoms with van der Waals surface area (Å²) in [6.45, 7) is 3.89. The van der Waals surface area contributed by atoms with Crippen LogP contribution in [-0.2, 0) is 21.8 Å². The number of benzene rings is 1. The summed E-state index contributed by atoms with van der Waals surface area (Å²) in [4.78, 5) is 21.4. The van der Waals surface area contributed by atoms with E-state index in [2.05, 4.69) is 9.98 Å². The lowest BCUT2D eigenvalue weighted by Crippen LogP contribution is -2.56. The molecule has 1 saturated carbocycles. The summed E-state index contributed by atoms with van der Waals surface area (Å²) in [5.74, 6) is -0.991. The van der Waals surface area contributed by atoms with Crippen LogP contribution >= 0.6 is 0 Å². The van der Waals surface area contributed by atoms with E-state index in [-0.39, 0.29) is 29.3 Å². The van der Waals surface area contributed by atoms with Crippen LogP contribution < -0.4 is 10.5 Å². The molecular formula is C26H31F2N3O4S. The van der Waals surface area contributed by atoms with E-state index in [0.717, 1.165) is 18.9 Å². The normalized spacial score (nSPS) is 23.0. The number of pyridine rings is 1. The molecule has 2 N–H and O–H groups in total. The van der Waals surface area contributed by atoms with E-state index in [4.69, 9.17) is 10.5 Å². The molecule has 0 spiro atoms. The molecule has 0 bridgehead atoms. The first-order valence-corrected chi connectivity index (χ1v) is 13.6. The summed E-state index contributed by atoms with van der Waals surface area (Å²) in [7, 11) is -3.94. The number of aromatic nitrogens is 1. The molecule has 1 aromatic heterocycles. The van der Waals surface area contributed by atoms with Gasteiger partial charge in [0, 0.05) is 12.0 Å². The Balaban J connectivity index is 1.58. The van der Waals surface area contributed by atoms with Gasteiger partial charge in [-0.3, -0.25) is 9.79 Å². The lowest BCUT2D eigenvalue weighted by molar-refractivity contribution is 0.0987. The third-order valence-electron chi connectivity index (χ3n) is 7.30. The Hall–Kier alpha value is -2.88. The molecule has 1 aliphatic carbocycles. The van der Waals surface area contributed by atoms with Crippen LogP contribution in [-0.4, -0.2) is 48.8 Å². The zero-order chi connectivity index (χ0) is 26.3. The minimum atomic E-state index is -3.94. The SMILES string of the molecule is Cc1cc(OCC2CCC2)cnc1C(=O)Cc1ccc(F)c([C@]2(CF)CS(=O)(=O)C(C)(C)C(N)=N2)c1. The zero-order valence-electron chi connectivity index (χ0n) is 20.7. The van der Waals surface area contributed by atoms with Crippen molar-refractivity contribution < 1.29 is 26.7 Å². The molecule has 7 nitrogen and oxygen atoms in total. The van der Waals surface area contributed by atoms with E-state index >= 15 is 0 Å². The van der Waals surface area contributed by atoms with Gasteiger partial charge in [0.15, 0.2) is 15.6 Å². The molecular weight excluding hydrogens is 488 g/mol. The molecule has 4 rings (SSSR count). The summed E-state index contributed by atoms with van der Waals surface area (Å²) < 4.78 is 59.3. The second-order valence-corrected chi connectivity index (χ2v) is 12.8. The average molecular weight is 520 g/mol. The number of halogens is 2. The van der Waals surface area contributed by atoms with Crippen molar-refractivity contribution in [2.75, 3.05) is 19.0 Å². The number of hydrogen-bond donors (Lipinski definition) is 1. The molecule has 194 valence electrons. The Morgan fingerprint density at radius 2 is 1.97 bits per heavy atom. The predicted octanol–water partition coefficient (Wildman–Crippen LogP) is 3.86. The number of aliphatic imine (C=N–C) groups is 1. The van der Waals surface area contributed by atoms with Gasteiger partial charge in [-0.15, -0.1) is 0 Å². The number of hydrogen-bond acceptors (Lipinski definition) is 7. The largest absolute Gasteiger partial charge is 0.492 e. The molecule has 36 heavy (non-hydrogen) atoms. The maximum atomic E-state index is 14.9. The van der Waals surface area contributed by atoms with Crippen LogP contribution in [0.4, 0.5) is 8.78 Å². The molecule has 1 atom stereocenters. The van der Waals surface area contributed by atoms with Crippen molar-refractivity contribution in [2.45, 2.75) is 56.7 Å². The van der Waals surface area contributed by atoms with E-state index in [9.17, 15) is 22.0 Å². The number of ketones is 1. The lowest BCUT2D eigenvalue weighted by Gasteiger charge is -2.38. The van der Waals surface area contributed by atoms with Crippen molar-refractivity contribution in [3.63, 3.8) is 0 Å². The number of carbonyl (C=O) groups is 1. The maximum absolute atomic E-state index is 14.9. The summed E-state index contributed by atoms with van der Waals surface area (Å²) in [5.41, 5.74) is 4.92. The number of nitrogens with zero attached hydrogens (tertiary/aromatic N) is 2. The number of ether oxygens (including phenoxy) is 1. The van der Waals surface area contributed by atoms with E-state index in [1.807, 2.05) is 0 Å². The lowest BCUT2D eigenvalue weighted by atomic mass is 9.86. The number of amidine groups is 1. The van der Waals surface area contributed by atoms with Crippen LogP contribution in [0.15, 0.2) is 35.5 Å². The molecule has 1 aliphatic heterocycles. The van der Waals surface area contributed by atoms with Gasteiger partial charge in [-0.05, 0) is 68.9 Å². The molecule has 0 unspecified atom stereocenters. The monoisotopic (exact) mass is 519 g/mol. The maximum Gasteiger partial charge on any atom is 0.185 e. The first kappa shape index (κ1) is 26.2. The number of nitrogens with two attached hydrogens (primary N) is 1. The van der Waals surface area contributed by atoms with Crippen LogP contribution in [0.1, 0.15) is 60.3 Å². The van der Waals surface area contributed by atoms with Gasteiger partial charge < -0.3 is 10.5 Å². The van der Waals surface area contributed by atoms with Crippen molar-refractivity contribution in [1.29, 1.82) is 0 Å². The third-order valence-corrected chi connectivity index (χ3v) is 9.93. The molecule has 1 fully saturated rings. The van der Waals surface area contributed by atoms with Crippen LogP contribution in [0, 0.1) is 18.7 Å². The van der Waals surface area contributed by atoms with Crippen molar-refractivity contribution in [3.05, 3.63) is 58.7 Å². The van der Waals surface area contributed by atoms with Crippen LogP contribution in [0.5, 0.6) is 5.75 Å². The smallest absolute Gasteiger partial charge is 0.185 e. The van der Waals surface area contributed by atoms with Crippen LogP contribution in [0.2, 0.25) is 0 Å². The van der Waals surface area contributed by atoms with Crippen molar-refractivity contribution >= 4 is 21.5 Å². The predicted molar refractivity (Wildman–Crippen MR) is 133 cm³/mol. The Morgan fingerprint density at radius 3 is 2.56 bits per heavy atom. The summed E-state index contributed by atoms with van der Waals surface area (Å²) >= 11 is 0. The number of Topliss-reactive ketones (excluding diaryl/α,β-unsaturated/α-hetero) is 1. The van der Waals surface area contributed by atoms with E-state index in [1.165, 1.54) is 38.6 Å². The molecule has 10 heteroatoms. The Kier molecular flexibility index (Phi) is 6.94. The number of alkyl halides is 1. The Labute approximate surface area is 210 Å². The molecule has 0 radical (unpaired) electrons. The fourth-order valence-corrected chi connectivity index (χ4v) is 6.08. The molecule has 0 saturated heterocycles. The highest BCUT2D eigenvalue weighted by molar-refractivity contribution is 7.93. The number of rotatable bonds is 8. The molecule has 1 aromatic carbocycles. The van der Waals surface area contributed by atoms with Crippen molar-refractivity contribution in [1.82, 2.24) is 4.98 Å². The van der Waals surface area contributed by atoms with Gasteiger partial charge in [-0.1, -0.05) is 12.5 Å². The third kappa shape index (κ3) is 4.75. The molecule has 0 amide bonds. The van der Waals surface area contributed by atoms with Gasteiger partial charge in [0.05, 0.1) is 18.6 Å². The average Bonchev–Trinajstić information content (AvgIpc) is 2.77. The van der Waals surface area contributed by atoms with Gasteiger partial charge in [-0.2, -0.15) is 0 Å². The van der Waals surface area contributed by atoms with E-state index in [0.29, 0.717) is 29.4 Å². The van der Waals surface area contributed by atoms with Gasteiger partial charge in [0.2, 0.25) is 0 Å². The molecule has 2 aliphatic rings. The second-order valence-electron chi connectivity index (χ2n) is 10.3. The quantitative estimate of drug-likeness (QED) is 0.530. The topological polar surface area (TPSA) is 112 Å². The van der Waals surface area contributed by atoms with Gasteiger partial charge in [-0.25, -0.2) is 22.2 Å². The van der Waals surface area contributed by atoms with Crippen LogP contribution in [0.3, 0.4) is 0 Å². The first-order valence-electron chi connectivity index (χ1n) is 11.9. The summed E-state index contributed by atoms with van der Waals surface area (Å²) in [6, 6.07) is 5.55. The number of carbonyl (C=O) groups excluding carboxylic acids is 1. The fraction of sp³-hybridized carbons (Fsp3) is 0.500. The highest BCUT2D eigenvalue weighted by Gasteiger charge is 2.51. The highest BCUT2D eigenvalue weighted by Crippen LogP contribution is 2.39. The standard InChI is InChI=1S/C26H31F2N3O4S/c1-16-9-19(35-13-17-5-4-6-17)12-30-23(16)22(32)11-18-7-8-21(28)20(10-18)26(14-27)15-36(33,34)25(2,3)24(29)31-26/h7-10,12,17H,4-6,11,13-15H2,1-3H3,(H2,29,31)/t26-/m0/s1. The highest BCUT2D eigenvalue weighted by atomic mass is 32.2. The number of sulfone groups is 1. The summed E-state index contributed by atoms with van der Waals surface area (Å²) in [6.07, 6.45) is 4.92.